The predicted molar refractivity (Wildman–Crippen MR) is 136 cm³/mol. The predicted octanol–water partition coefficient (Wildman–Crippen LogP) is 4.30. The number of ether oxygens (including phenoxy) is 2. The number of rotatable bonds is 6. The van der Waals surface area contributed by atoms with Crippen LogP contribution in [0.2, 0.25) is 0 Å². The molecule has 0 bridgehead atoms. The zero-order chi connectivity index (χ0) is 24.8. The van der Waals surface area contributed by atoms with Crippen LogP contribution in [0.5, 0.6) is 11.6 Å². The van der Waals surface area contributed by atoms with Gasteiger partial charge in [-0.1, -0.05) is 6.42 Å². The third-order valence-corrected chi connectivity index (χ3v) is 7.37. The Morgan fingerprint density at radius 1 is 1.17 bits per heavy atom. The number of pyridine rings is 2. The van der Waals surface area contributed by atoms with Crippen LogP contribution in [0.1, 0.15) is 38.6 Å². The maximum Gasteiger partial charge on any atom is 0.329 e. The summed E-state index contributed by atoms with van der Waals surface area (Å²) in [6.07, 6.45) is 8.08. The Kier molecular flexibility index (Phi) is 5.87. The van der Waals surface area contributed by atoms with Crippen LogP contribution in [0.3, 0.4) is 0 Å². The Hall–Kier alpha value is -3.46. The lowest BCUT2D eigenvalue weighted by Gasteiger charge is -2.26. The molecule has 188 valence electrons. The summed E-state index contributed by atoms with van der Waals surface area (Å²) in [5, 5.41) is 0.643. The lowest BCUT2D eigenvalue weighted by molar-refractivity contribution is 0.203. The molecule has 0 spiro atoms. The van der Waals surface area contributed by atoms with Gasteiger partial charge in [-0.3, -0.25) is 14.1 Å². The molecule has 2 aliphatic heterocycles. The summed E-state index contributed by atoms with van der Waals surface area (Å²) >= 11 is 0. The molecule has 0 radical (unpaired) electrons. The molecule has 0 N–H and O–H groups in total. The molecular formula is C27H30FN5O3. The van der Waals surface area contributed by atoms with Crippen LogP contribution in [0.15, 0.2) is 35.4 Å². The van der Waals surface area contributed by atoms with Gasteiger partial charge in [0.15, 0.2) is 0 Å². The van der Waals surface area contributed by atoms with Crippen molar-refractivity contribution in [1.29, 1.82) is 0 Å². The van der Waals surface area contributed by atoms with Gasteiger partial charge in [0.1, 0.15) is 18.2 Å². The zero-order valence-electron chi connectivity index (χ0n) is 20.7. The minimum atomic E-state index is -0.444. The molecule has 0 saturated carbocycles. The highest BCUT2D eigenvalue weighted by molar-refractivity contribution is 6.09. The Balaban J connectivity index is 1.32. The largest absolute Gasteiger partial charge is 0.490 e. The molecule has 3 aromatic heterocycles. The molecule has 9 heteroatoms. The standard InChI is InChI=1S/C27H30FN5O3/c1-17-16-36-26-23(18-7-8-22(30-14-18)35-12-6-11-32-9-4-3-5-10-32)19(28)13-20-24(26)25-21(15-29-20)31(2)27(34)33(17)25/h7-8,13-15,17H,3-6,9-12,16H2,1-2H3/t17-/m0/s1. The lowest BCUT2D eigenvalue weighted by Crippen LogP contribution is -2.31. The molecule has 0 amide bonds. The van der Waals surface area contributed by atoms with Crippen LogP contribution in [0.4, 0.5) is 4.39 Å². The van der Waals surface area contributed by atoms with Crippen molar-refractivity contribution in [2.24, 2.45) is 7.05 Å². The first kappa shape index (κ1) is 23.0. The highest BCUT2D eigenvalue weighted by atomic mass is 19.1. The molecule has 1 atom stereocenters. The number of piperidine rings is 1. The summed E-state index contributed by atoms with van der Waals surface area (Å²) in [5.41, 5.74) is 2.62. The van der Waals surface area contributed by atoms with Crippen LogP contribution >= 0.6 is 0 Å². The number of hydrogen-bond donors (Lipinski definition) is 0. The zero-order valence-corrected chi connectivity index (χ0v) is 20.7. The van der Waals surface area contributed by atoms with Gasteiger partial charge in [0.2, 0.25) is 5.88 Å². The van der Waals surface area contributed by atoms with E-state index in [1.165, 1.54) is 38.4 Å². The molecule has 6 rings (SSSR count). The maximum atomic E-state index is 15.5. The van der Waals surface area contributed by atoms with E-state index in [4.69, 9.17) is 9.47 Å². The lowest BCUT2D eigenvalue weighted by atomic mass is 10.0. The number of nitrogens with zero attached hydrogens (tertiary/aromatic N) is 5. The first-order chi connectivity index (χ1) is 17.5. The topological polar surface area (TPSA) is 74.4 Å². The number of aromatic nitrogens is 4. The molecule has 4 aromatic rings. The summed E-state index contributed by atoms with van der Waals surface area (Å²) in [4.78, 5) is 24.3. The summed E-state index contributed by atoms with van der Waals surface area (Å²) in [7, 11) is 1.73. The second-order valence-corrected chi connectivity index (χ2v) is 9.81. The van der Waals surface area contributed by atoms with Crippen molar-refractivity contribution in [2.75, 3.05) is 32.8 Å². The van der Waals surface area contributed by atoms with E-state index in [0.717, 1.165) is 18.5 Å². The Bertz CT molecular complexity index is 1490. The van der Waals surface area contributed by atoms with Gasteiger partial charge in [0, 0.05) is 37.5 Å². The van der Waals surface area contributed by atoms with E-state index in [0.29, 0.717) is 45.8 Å². The fraction of sp³-hybridized carbons (Fsp3) is 0.444. The second-order valence-electron chi connectivity index (χ2n) is 9.81. The van der Waals surface area contributed by atoms with Crippen molar-refractivity contribution in [2.45, 2.75) is 38.6 Å². The van der Waals surface area contributed by atoms with Gasteiger partial charge in [-0.25, -0.2) is 14.2 Å². The molecule has 8 nitrogen and oxygen atoms in total. The van der Waals surface area contributed by atoms with Gasteiger partial charge < -0.3 is 14.4 Å². The van der Waals surface area contributed by atoms with Crippen LogP contribution in [-0.2, 0) is 7.05 Å². The van der Waals surface area contributed by atoms with E-state index < -0.39 is 5.82 Å². The quantitative estimate of drug-likeness (QED) is 0.375. The average Bonchev–Trinajstić information content (AvgIpc) is 3.05. The molecule has 1 fully saturated rings. The molecular weight excluding hydrogens is 461 g/mol. The highest BCUT2D eigenvalue weighted by Crippen LogP contribution is 2.43. The SMILES string of the molecule is C[C@H]1COc2c(-c3ccc(OCCCN4CCCCC4)nc3)c(F)cc3ncc4c(c23)n1c(=O)n4C. The number of aryl methyl sites for hydroxylation is 1. The summed E-state index contributed by atoms with van der Waals surface area (Å²) in [5.74, 6) is 0.462. The van der Waals surface area contributed by atoms with E-state index in [2.05, 4.69) is 14.9 Å². The van der Waals surface area contributed by atoms with Gasteiger partial charge in [-0.15, -0.1) is 0 Å². The third kappa shape index (κ3) is 3.82. The number of likely N-dealkylation sites (tertiary alicyclic amines) is 1. The third-order valence-electron chi connectivity index (χ3n) is 7.37. The Morgan fingerprint density at radius 2 is 2.00 bits per heavy atom. The van der Waals surface area contributed by atoms with E-state index >= 15 is 4.39 Å². The van der Waals surface area contributed by atoms with Gasteiger partial charge in [0.25, 0.3) is 0 Å². The van der Waals surface area contributed by atoms with Crippen molar-refractivity contribution in [3.63, 3.8) is 0 Å². The van der Waals surface area contributed by atoms with Crippen LogP contribution in [0, 0.1) is 5.82 Å². The Labute approximate surface area is 208 Å². The van der Waals surface area contributed by atoms with Gasteiger partial charge in [-0.2, -0.15) is 0 Å². The van der Waals surface area contributed by atoms with Crippen molar-refractivity contribution in [1.82, 2.24) is 24.0 Å². The maximum absolute atomic E-state index is 15.5. The van der Waals surface area contributed by atoms with Gasteiger partial charge in [0.05, 0.1) is 46.3 Å². The number of hydrogen-bond acceptors (Lipinski definition) is 6. The fourth-order valence-electron chi connectivity index (χ4n) is 5.48. The minimum absolute atomic E-state index is 0.141. The normalized spacial score (nSPS) is 18.0. The first-order valence-electron chi connectivity index (χ1n) is 12.7. The smallest absolute Gasteiger partial charge is 0.329 e. The summed E-state index contributed by atoms with van der Waals surface area (Å²) in [6.45, 7) is 6.14. The minimum Gasteiger partial charge on any atom is -0.490 e. The van der Waals surface area contributed by atoms with E-state index in [1.54, 1.807) is 40.7 Å². The number of halogens is 1. The molecule has 36 heavy (non-hydrogen) atoms. The van der Waals surface area contributed by atoms with Gasteiger partial charge in [-0.05, 0) is 45.3 Å². The van der Waals surface area contributed by atoms with E-state index in [1.807, 2.05) is 6.92 Å². The monoisotopic (exact) mass is 491 g/mol. The van der Waals surface area contributed by atoms with Crippen molar-refractivity contribution in [3.05, 3.63) is 46.9 Å². The van der Waals surface area contributed by atoms with Gasteiger partial charge >= 0.3 is 5.69 Å². The van der Waals surface area contributed by atoms with Crippen molar-refractivity contribution in [3.8, 4) is 22.8 Å². The number of imidazole rings is 1. The van der Waals surface area contributed by atoms with E-state index in [-0.39, 0.29) is 18.3 Å². The molecule has 0 aliphatic carbocycles. The molecule has 1 aromatic carbocycles. The summed E-state index contributed by atoms with van der Waals surface area (Å²) in [6, 6.07) is 4.76. The van der Waals surface area contributed by atoms with Crippen molar-refractivity contribution < 1.29 is 13.9 Å². The highest BCUT2D eigenvalue weighted by Gasteiger charge is 2.28. The second kappa shape index (κ2) is 9.20. The fourth-order valence-corrected chi connectivity index (χ4v) is 5.48. The number of benzene rings is 1. The first-order valence-corrected chi connectivity index (χ1v) is 12.7. The molecule has 5 heterocycles. The summed E-state index contributed by atoms with van der Waals surface area (Å²) < 4.78 is 30.8. The van der Waals surface area contributed by atoms with Crippen LogP contribution in [0.25, 0.3) is 33.1 Å². The van der Waals surface area contributed by atoms with Crippen LogP contribution < -0.4 is 15.2 Å². The van der Waals surface area contributed by atoms with E-state index in [9.17, 15) is 4.79 Å². The molecule has 2 aliphatic rings. The van der Waals surface area contributed by atoms with Crippen molar-refractivity contribution >= 4 is 21.9 Å². The molecule has 0 unspecified atom stereocenters. The van der Waals surface area contributed by atoms with Crippen LogP contribution in [-0.4, -0.2) is 56.9 Å². The Morgan fingerprint density at radius 3 is 2.78 bits per heavy atom. The molecule has 1 saturated heterocycles. The average molecular weight is 492 g/mol.